The smallest absolute Gasteiger partial charge is 0.127 e. The first-order valence-corrected chi connectivity index (χ1v) is 6.99. The molecule has 3 heteroatoms. The van der Waals surface area contributed by atoms with Crippen molar-refractivity contribution in [2.24, 2.45) is 0 Å². The highest BCUT2D eigenvalue weighted by atomic mass is 19.1. The number of halogens is 1. The van der Waals surface area contributed by atoms with E-state index in [1.165, 1.54) is 12.8 Å². The number of benzene rings is 1. The summed E-state index contributed by atoms with van der Waals surface area (Å²) in [5, 5.41) is 3.39. The van der Waals surface area contributed by atoms with Gasteiger partial charge < -0.3 is 5.32 Å². The second-order valence-electron chi connectivity index (χ2n) is 5.04. The zero-order valence-electron chi connectivity index (χ0n) is 11.2. The summed E-state index contributed by atoms with van der Waals surface area (Å²) in [6, 6.07) is 7.74. The van der Waals surface area contributed by atoms with Gasteiger partial charge in [-0.15, -0.1) is 0 Å². The molecule has 0 spiro atoms. The molecular weight excluding hydrogens is 227 g/mol. The predicted octanol–water partition coefficient (Wildman–Crippen LogP) is 2.79. The van der Waals surface area contributed by atoms with E-state index < -0.39 is 0 Å². The van der Waals surface area contributed by atoms with E-state index in [1.807, 2.05) is 12.1 Å². The quantitative estimate of drug-likeness (QED) is 0.864. The molecule has 1 N–H and O–H groups in total. The van der Waals surface area contributed by atoms with Gasteiger partial charge in [-0.05, 0) is 45.0 Å². The summed E-state index contributed by atoms with van der Waals surface area (Å²) in [7, 11) is 0. The minimum Gasteiger partial charge on any atom is -0.317 e. The highest BCUT2D eigenvalue weighted by Crippen LogP contribution is 2.17. The lowest BCUT2D eigenvalue weighted by Gasteiger charge is -2.34. The lowest BCUT2D eigenvalue weighted by atomic mass is 10.0. The van der Waals surface area contributed by atoms with Crippen molar-refractivity contribution in [1.82, 2.24) is 10.2 Å². The molecule has 1 aliphatic rings. The number of piperidine rings is 1. The van der Waals surface area contributed by atoms with Crippen molar-refractivity contribution in [1.29, 1.82) is 0 Å². The third-order valence-corrected chi connectivity index (χ3v) is 3.67. The van der Waals surface area contributed by atoms with E-state index in [1.54, 1.807) is 12.1 Å². The van der Waals surface area contributed by atoms with Crippen LogP contribution in [0.25, 0.3) is 0 Å². The summed E-state index contributed by atoms with van der Waals surface area (Å²) in [5.74, 6) is -0.0764. The van der Waals surface area contributed by atoms with Crippen molar-refractivity contribution in [2.45, 2.75) is 38.8 Å². The van der Waals surface area contributed by atoms with E-state index in [9.17, 15) is 4.39 Å². The molecule has 0 atom stereocenters. The topological polar surface area (TPSA) is 15.3 Å². The van der Waals surface area contributed by atoms with Crippen LogP contribution in [-0.2, 0) is 6.54 Å². The van der Waals surface area contributed by atoms with Gasteiger partial charge in [0.2, 0.25) is 0 Å². The molecular formula is C15H23FN2. The van der Waals surface area contributed by atoms with E-state index in [4.69, 9.17) is 0 Å². The molecule has 2 nitrogen and oxygen atoms in total. The van der Waals surface area contributed by atoms with E-state index in [-0.39, 0.29) is 5.82 Å². The molecule has 1 saturated heterocycles. The highest BCUT2D eigenvalue weighted by molar-refractivity contribution is 5.17. The molecule has 0 saturated carbocycles. The van der Waals surface area contributed by atoms with Crippen molar-refractivity contribution in [3.05, 3.63) is 35.6 Å². The second-order valence-corrected chi connectivity index (χ2v) is 5.04. The molecule has 1 fully saturated rings. The Labute approximate surface area is 109 Å². The van der Waals surface area contributed by atoms with Crippen LogP contribution in [0.15, 0.2) is 24.3 Å². The number of hydrogen-bond donors (Lipinski definition) is 1. The Morgan fingerprint density at radius 1 is 1.28 bits per heavy atom. The third kappa shape index (κ3) is 3.53. The Kier molecular flexibility index (Phi) is 5.14. The van der Waals surface area contributed by atoms with Crippen LogP contribution in [0.5, 0.6) is 0 Å². The summed E-state index contributed by atoms with van der Waals surface area (Å²) in [5.41, 5.74) is 0.824. The van der Waals surface area contributed by atoms with Gasteiger partial charge in [-0.25, -0.2) is 4.39 Å². The van der Waals surface area contributed by atoms with Crippen molar-refractivity contribution < 1.29 is 4.39 Å². The van der Waals surface area contributed by atoms with Crippen LogP contribution in [0.2, 0.25) is 0 Å². The fourth-order valence-electron chi connectivity index (χ4n) is 2.70. The van der Waals surface area contributed by atoms with Gasteiger partial charge in [-0.1, -0.05) is 25.1 Å². The molecule has 2 rings (SSSR count). The summed E-state index contributed by atoms with van der Waals surface area (Å²) >= 11 is 0. The Bertz CT molecular complexity index is 361. The molecule has 1 aromatic carbocycles. The monoisotopic (exact) mass is 250 g/mol. The zero-order chi connectivity index (χ0) is 12.8. The van der Waals surface area contributed by atoms with E-state index in [2.05, 4.69) is 17.1 Å². The normalized spacial score (nSPS) is 17.3. The standard InChI is InChI=1S/C15H23FN2/c1-2-11-18(14-7-9-17-10-8-14)12-13-5-3-4-6-15(13)16/h3-6,14,17H,2,7-12H2,1H3. The fraction of sp³-hybridized carbons (Fsp3) is 0.600. The minimum atomic E-state index is -0.0764. The number of hydrogen-bond acceptors (Lipinski definition) is 2. The summed E-state index contributed by atoms with van der Waals surface area (Å²) in [6.07, 6.45) is 3.47. The largest absolute Gasteiger partial charge is 0.317 e. The predicted molar refractivity (Wildman–Crippen MR) is 73.0 cm³/mol. The lowest BCUT2D eigenvalue weighted by Crippen LogP contribution is -2.43. The van der Waals surface area contributed by atoms with Crippen molar-refractivity contribution in [3.63, 3.8) is 0 Å². The molecule has 1 aromatic rings. The van der Waals surface area contributed by atoms with E-state index >= 15 is 0 Å². The van der Waals surface area contributed by atoms with Gasteiger partial charge in [0, 0.05) is 18.2 Å². The van der Waals surface area contributed by atoms with Gasteiger partial charge in [-0.3, -0.25) is 4.90 Å². The zero-order valence-corrected chi connectivity index (χ0v) is 11.2. The first-order chi connectivity index (χ1) is 8.81. The maximum Gasteiger partial charge on any atom is 0.127 e. The average Bonchev–Trinajstić information content (AvgIpc) is 2.42. The van der Waals surface area contributed by atoms with Crippen LogP contribution in [0.4, 0.5) is 4.39 Å². The van der Waals surface area contributed by atoms with Crippen molar-refractivity contribution in [2.75, 3.05) is 19.6 Å². The summed E-state index contributed by atoms with van der Waals surface area (Å²) in [4.78, 5) is 2.44. The number of nitrogens with zero attached hydrogens (tertiary/aromatic N) is 1. The Morgan fingerprint density at radius 3 is 2.67 bits per heavy atom. The van der Waals surface area contributed by atoms with Crippen molar-refractivity contribution in [3.8, 4) is 0 Å². The average molecular weight is 250 g/mol. The number of rotatable bonds is 5. The minimum absolute atomic E-state index is 0.0764. The summed E-state index contributed by atoms with van der Waals surface area (Å²) in [6.45, 7) is 6.16. The SMILES string of the molecule is CCCN(Cc1ccccc1F)C1CCNCC1. The molecule has 0 amide bonds. The molecule has 0 bridgehead atoms. The second kappa shape index (κ2) is 6.86. The van der Waals surface area contributed by atoms with Gasteiger partial charge in [0.05, 0.1) is 0 Å². The fourth-order valence-corrected chi connectivity index (χ4v) is 2.70. The molecule has 0 radical (unpaired) electrons. The Hall–Kier alpha value is -0.930. The van der Waals surface area contributed by atoms with Gasteiger partial charge in [0.1, 0.15) is 5.82 Å². The first kappa shape index (κ1) is 13.5. The Balaban J connectivity index is 2.03. The lowest BCUT2D eigenvalue weighted by molar-refractivity contribution is 0.152. The number of nitrogens with one attached hydrogen (secondary N) is 1. The van der Waals surface area contributed by atoms with Crippen LogP contribution in [0.3, 0.4) is 0 Å². The molecule has 100 valence electrons. The van der Waals surface area contributed by atoms with E-state index in [0.29, 0.717) is 6.04 Å². The van der Waals surface area contributed by atoms with Gasteiger partial charge in [0.25, 0.3) is 0 Å². The Morgan fingerprint density at radius 2 is 2.00 bits per heavy atom. The van der Waals surface area contributed by atoms with Crippen LogP contribution < -0.4 is 5.32 Å². The van der Waals surface area contributed by atoms with E-state index in [0.717, 1.165) is 38.2 Å². The van der Waals surface area contributed by atoms with Gasteiger partial charge in [0.15, 0.2) is 0 Å². The summed E-state index contributed by atoms with van der Waals surface area (Å²) < 4.78 is 13.7. The van der Waals surface area contributed by atoms with Crippen LogP contribution in [-0.4, -0.2) is 30.6 Å². The van der Waals surface area contributed by atoms with Crippen molar-refractivity contribution >= 4 is 0 Å². The van der Waals surface area contributed by atoms with Crippen LogP contribution in [0.1, 0.15) is 31.7 Å². The maximum atomic E-state index is 13.7. The van der Waals surface area contributed by atoms with Crippen LogP contribution in [0, 0.1) is 5.82 Å². The first-order valence-electron chi connectivity index (χ1n) is 6.99. The van der Waals surface area contributed by atoms with Gasteiger partial charge >= 0.3 is 0 Å². The molecule has 18 heavy (non-hydrogen) atoms. The maximum absolute atomic E-state index is 13.7. The molecule has 0 aromatic heterocycles. The molecule has 0 aliphatic carbocycles. The van der Waals surface area contributed by atoms with Crippen LogP contribution >= 0.6 is 0 Å². The molecule has 1 aliphatic heterocycles. The molecule has 1 heterocycles. The third-order valence-electron chi connectivity index (χ3n) is 3.67. The highest BCUT2D eigenvalue weighted by Gasteiger charge is 2.21. The van der Waals surface area contributed by atoms with Gasteiger partial charge in [-0.2, -0.15) is 0 Å². The molecule has 0 unspecified atom stereocenters.